The van der Waals surface area contributed by atoms with E-state index < -0.39 is 17.9 Å². The highest BCUT2D eigenvalue weighted by Crippen LogP contribution is 2.24. The molecule has 196 valence electrons. The van der Waals surface area contributed by atoms with Gasteiger partial charge in [0.15, 0.2) is 0 Å². The summed E-state index contributed by atoms with van der Waals surface area (Å²) in [6.45, 7) is 2.89. The molecule has 3 aromatic rings. The monoisotopic (exact) mass is 521 g/mol. The van der Waals surface area contributed by atoms with Crippen LogP contribution in [0.2, 0.25) is 5.02 Å². The lowest BCUT2D eigenvalue weighted by atomic mass is 10.00. The van der Waals surface area contributed by atoms with Gasteiger partial charge in [-0.25, -0.2) is 4.79 Å². The van der Waals surface area contributed by atoms with Gasteiger partial charge in [-0.2, -0.15) is 0 Å². The molecule has 7 heteroatoms. The Morgan fingerprint density at radius 3 is 2.16 bits per heavy atom. The van der Waals surface area contributed by atoms with E-state index in [-0.39, 0.29) is 6.42 Å². The van der Waals surface area contributed by atoms with Crippen molar-refractivity contribution in [3.05, 3.63) is 82.9 Å². The third-order valence-corrected chi connectivity index (χ3v) is 6.52. The van der Waals surface area contributed by atoms with Gasteiger partial charge in [-0.15, -0.1) is 0 Å². The van der Waals surface area contributed by atoms with Gasteiger partial charge in [0.25, 0.3) is 5.91 Å². The molecular formula is C30H36ClN3O3. The summed E-state index contributed by atoms with van der Waals surface area (Å²) in [4.78, 5) is 27.2. The molecule has 37 heavy (non-hydrogen) atoms. The SMILES string of the molecule is CCCCCCNc1ccc(Cl)cc1C(=O)NC(Cc1ccc(-c2ccc(N(C)C)cc2)cc1)C(=O)O. The fourth-order valence-electron chi connectivity index (χ4n) is 4.09. The number of rotatable bonds is 13. The first kappa shape index (κ1) is 28.1. The molecule has 0 saturated heterocycles. The van der Waals surface area contributed by atoms with Crippen LogP contribution in [-0.4, -0.2) is 43.7 Å². The number of anilines is 2. The van der Waals surface area contributed by atoms with Crippen molar-refractivity contribution in [1.29, 1.82) is 0 Å². The second kappa shape index (κ2) is 13.7. The molecule has 3 N–H and O–H groups in total. The van der Waals surface area contributed by atoms with Crippen molar-refractivity contribution in [3.63, 3.8) is 0 Å². The molecule has 3 aromatic carbocycles. The van der Waals surface area contributed by atoms with Crippen LogP contribution in [0.5, 0.6) is 0 Å². The fourth-order valence-corrected chi connectivity index (χ4v) is 4.26. The maximum atomic E-state index is 13.1. The Bertz CT molecular complexity index is 1180. The molecule has 1 amide bonds. The van der Waals surface area contributed by atoms with E-state index in [0.717, 1.165) is 48.2 Å². The van der Waals surface area contributed by atoms with Crippen LogP contribution in [0.25, 0.3) is 11.1 Å². The lowest BCUT2D eigenvalue weighted by Crippen LogP contribution is -2.42. The van der Waals surface area contributed by atoms with Gasteiger partial charge in [0.1, 0.15) is 6.04 Å². The zero-order chi connectivity index (χ0) is 26.8. The summed E-state index contributed by atoms with van der Waals surface area (Å²) in [5.41, 5.74) is 5.05. The summed E-state index contributed by atoms with van der Waals surface area (Å²) in [5.74, 6) is -1.56. The molecule has 0 saturated carbocycles. The predicted molar refractivity (Wildman–Crippen MR) is 153 cm³/mol. The number of aliphatic carboxylic acids is 1. The molecule has 0 aliphatic heterocycles. The summed E-state index contributed by atoms with van der Waals surface area (Å²) in [7, 11) is 4.00. The van der Waals surface area contributed by atoms with Crippen LogP contribution in [-0.2, 0) is 11.2 Å². The van der Waals surface area contributed by atoms with Gasteiger partial charge >= 0.3 is 5.97 Å². The molecular weight excluding hydrogens is 486 g/mol. The highest BCUT2D eigenvalue weighted by Gasteiger charge is 2.23. The number of hydrogen-bond donors (Lipinski definition) is 3. The van der Waals surface area contributed by atoms with Crippen LogP contribution >= 0.6 is 11.6 Å². The Labute approximate surface area is 224 Å². The number of benzene rings is 3. The number of amides is 1. The minimum Gasteiger partial charge on any atom is -0.480 e. The molecule has 1 atom stereocenters. The van der Waals surface area contributed by atoms with Gasteiger partial charge in [0.2, 0.25) is 0 Å². The zero-order valence-electron chi connectivity index (χ0n) is 21.8. The fraction of sp³-hybridized carbons (Fsp3) is 0.333. The van der Waals surface area contributed by atoms with Crippen LogP contribution in [0.15, 0.2) is 66.7 Å². The Kier molecular flexibility index (Phi) is 10.4. The summed E-state index contributed by atoms with van der Waals surface area (Å²) >= 11 is 6.16. The number of halogens is 1. The second-order valence-corrected chi connectivity index (χ2v) is 9.82. The van der Waals surface area contributed by atoms with E-state index in [2.05, 4.69) is 41.8 Å². The van der Waals surface area contributed by atoms with Gasteiger partial charge in [0, 0.05) is 43.5 Å². The van der Waals surface area contributed by atoms with E-state index in [0.29, 0.717) is 16.3 Å². The molecule has 0 aliphatic rings. The number of carboxylic acids is 1. The van der Waals surface area contributed by atoms with Gasteiger partial charge in [-0.1, -0.05) is 74.2 Å². The first-order chi connectivity index (χ1) is 17.8. The maximum Gasteiger partial charge on any atom is 0.326 e. The van der Waals surface area contributed by atoms with Crippen molar-refractivity contribution in [2.24, 2.45) is 0 Å². The predicted octanol–water partition coefficient (Wildman–Crippen LogP) is 6.49. The number of nitrogens with zero attached hydrogens (tertiary/aromatic N) is 1. The maximum absolute atomic E-state index is 13.1. The molecule has 0 aliphatic carbocycles. The highest BCUT2D eigenvalue weighted by molar-refractivity contribution is 6.31. The number of carbonyl (C=O) groups excluding carboxylic acids is 1. The number of nitrogens with one attached hydrogen (secondary N) is 2. The summed E-state index contributed by atoms with van der Waals surface area (Å²) < 4.78 is 0. The number of hydrogen-bond acceptors (Lipinski definition) is 4. The van der Waals surface area contributed by atoms with Crippen molar-refractivity contribution in [1.82, 2.24) is 5.32 Å². The lowest BCUT2D eigenvalue weighted by Gasteiger charge is -2.17. The standard InChI is InChI=1S/C30H36ClN3O3/c1-4-5-6-7-18-32-27-17-14-24(31)20-26(27)29(35)33-28(30(36)37)19-21-8-10-22(11-9-21)23-12-15-25(16-13-23)34(2)3/h8-17,20,28,32H,4-7,18-19H2,1-3H3,(H,33,35)(H,36,37). The first-order valence-corrected chi connectivity index (χ1v) is 13.1. The van der Waals surface area contributed by atoms with E-state index in [9.17, 15) is 14.7 Å². The van der Waals surface area contributed by atoms with Crippen LogP contribution in [0, 0.1) is 0 Å². The average molecular weight is 522 g/mol. The second-order valence-electron chi connectivity index (χ2n) is 9.38. The molecule has 0 fully saturated rings. The van der Waals surface area contributed by atoms with Crippen molar-refractivity contribution < 1.29 is 14.7 Å². The minimum atomic E-state index is -1.09. The molecule has 0 heterocycles. The Balaban J connectivity index is 1.68. The molecule has 0 spiro atoms. The molecule has 0 bridgehead atoms. The van der Waals surface area contributed by atoms with Crippen LogP contribution in [0.1, 0.15) is 48.5 Å². The molecule has 0 radical (unpaired) electrons. The Hall–Kier alpha value is -3.51. The number of carboxylic acid groups (broad SMARTS) is 1. The smallest absolute Gasteiger partial charge is 0.326 e. The summed E-state index contributed by atoms with van der Waals surface area (Å²) in [6.07, 6.45) is 4.59. The van der Waals surface area contributed by atoms with Crippen molar-refractivity contribution >= 4 is 34.9 Å². The largest absolute Gasteiger partial charge is 0.480 e. The Morgan fingerprint density at radius 1 is 0.919 bits per heavy atom. The molecule has 3 rings (SSSR count). The normalized spacial score (nSPS) is 11.6. The van der Waals surface area contributed by atoms with E-state index in [1.807, 2.05) is 43.3 Å². The quantitative estimate of drug-likeness (QED) is 0.224. The van der Waals surface area contributed by atoms with Crippen molar-refractivity contribution in [3.8, 4) is 11.1 Å². The molecule has 0 aromatic heterocycles. The van der Waals surface area contributed by atoms with Crippen LogP contribution in [0.4, 0.5) is 11.4 Å². The van der Waals surface area contributed by atoms with Gasteiger partial charge in [-0.05, 0) is 53.4 Å². The number of unbranched alkanes of at least 4 members (excludes halogenated alkanes) is 3. The van der Waals surface area contributed by atoms with Gasteiger partial charge < -0.3 is 20.6 Å². The van der Waals surface area contributed by atoms with Gasteiger partial charge in [0.05, 0.1) is 5.56 Å². The first-order valence-electron chi connectivity index (χ1n) is 12.7. The van der Waals surface area contributed by atoms with E-state index in [4.69, 9.17) is 11.6 Å². The van der Waals surface area contributed by atoms with E-state index in [1.54, 1.807) is 18.2 Å². The minimum absolute atomic E-state index is 0.168. The lowest BCUT2D eigenvalue weighted by molar-refractivity contribution is -0.139. The molecule has 1 unspecified atom stereocenters. The highest BCUT2D eigenvalue weighted by atomic mass is 35.5. The van der Waals surface area contributed by atoms with Gasteiger partial charge in [-0.3, -0.25) is 4.79 Å². The zero-order valence-corrected chi connectivity index (χ0v) is 22.5. The third-order valence-electron chi connectivity index (χ3n) is 6.29. The average Bonchev–Trinajstić information content (AvgIpc) is 2.89. The van der Waals surface area contributed by atoms with Crippen LogP contribution in [0.3, 0.4) is 0 Å². The van der Waals surface area contributed by atoms with Crippen molar-refractivity contribution in [2.45, 2.75) is 45.1 Å². The van der Waals surface area contributed by atoms with Crippen molar-refractivity contribution in [2.75, 3.05) is 30.9 Å². The molecule has 6 nitrogen and oxygen atoms in total. The van der Waals surface area contributed by atoms with Crippen LogP contribution < -0.4 is 15.5 Å². The number of carbonyl (C=O) groups is 2. The topological polar surface area (TPSA) is 81.7 Å². The van der Waals surface area contributed by atoms with E-state index in [1.165, 1.54) is 6.42 Å². The summed E-state index contributed by atoms with van der Waals surface area (Å²) in [6, 6.07) is 20.0. The Morgan fingerprint density at radius 2 is 1.57 bits per heavy atom. The third kappa shape index (κ3) is 8.25. The van der Waals surface area contributed by atoms with E-state index >= 15 is 0 Å². The summed E-state index contributed by atoms with van der Waals surface area (Å²) in [5, 5.41) is 16.2.